The summed E-state index contributed by atoms with van der Waals surface area (Å²) >= 11 is 5.98. The molecule has 7 nitrogen and oxygen atoms in total. The number of fused-ring (bicyclic) bond motifs is 1. The van der Waals surface area contributed by atoms with E-state index in [2.05, 4.69) is 4.98 Å². The molecule has 1 aliphatic heterocycles. The van der Waals surface area contributed by atoms with Gasteiger partial charge in [-0.25, -0.2) is 18.4 Å². The molecule has 1 aromatic carbocycles. The molecular formula is C19H21ClN4O3S. The maximum absolute atomic E-state index is 13.0. The second-order valence-electron chi connectivity index (χ2n) is 6.77. The van der Waals surface area contributed by atoms with Crippen molar-refractivity contribution in [3.05, 3.63) is 53.4 Å². The van der Waals surface area contributed by atoms with E-state index in [1.807, 2.05) is 16.7 Å². The number of sulfonamides is 1. The lowest BCUT2D eigenvalue weighted by Gasteiger charge is -2.17. The first-order valence-corrected chi connectivity index (χ1v) is 10.9. The van der Waals surface area contributed by atoms with Gasteiger partial charge < -0.3 is 9.30 Å². The predicted octanol–water partition coefficient (Wildman–Crippen LogP) is 2.91. The van der Waals surface area contributed by atoms with Crippen LogP contribution in [0.2, 0.25) is 5.02 Å². The molecule has 1 fully saturated rings. The van der Waals surface area contributed by atoms with Crippen molar-refractivity contribution in [2.75, 3.05) is 26.8 Å². The summed E-state index contributed by atoms with van der Waals surface area (Å²) in [5.41, 5.74) is 1.61. The quantitative estimate of drug-likeness (QED) is 0.612. The van der Waals surface area contributed by atoms with E-state index in [0.29, 0.717) is 37.7 Å². The van der Waals surface area contributed by atoms with E-state index >= 15 is 0 Å². The van der Waals surface area contributed by atoms with E-state index < -0.39 is 10.0 Å². The molecule has 1 aliphatic rings. The average molecular weight is 421 g/mol. The van der Waals surface area contributed by atoms with Crippen molar-refractivity contribution < 1.29 is 13.2 Å². The van der Waals surface area contributed by atoms with Crippen LogP contribution in [-0.2, 0) is 21.3 Å². The highest BCUT2D eigenvalue weighted by Crippen LogP contribution is 2.32. The molecule has 0 unspecified atom stereocenters. The van der Waals surface area contributed by atoms with Crippen LogP contribution in [0.15, 0.2) is 47.5 Å². The van der Waals surface area contributed by atoms with E-state index in [0.717, 1.165) is 17.0 Å². The topological polar surface area (TPSA) is 77.3 Å². The number of methoxy groups -OCH3 is 1. The molecule has 148 valence electrons. The summed E-state index contributed by atoms with van der Waals surface area (Å²) in [4.78, 5) is 9.42. The summed E-state index contributed by atoms with van der Waals surface area (Å²) in [5.74, 6) is 0.856. The van der Waals surface area contributed by atoms with E-state index in [-0.39, 0.29) is 10.8 Å². The molecule has 0 saturated carbocycles. The van der Waals surface area contributed by atoms with Crippen LogP contribution < -0.4 is 0 Å². The lowest BCUT2D eigenvalue weighted by Crippen LogP contribution is -2.29. The largest absolute Gasteiger partial charge is 0.383 e. The highest BCUT2D eigenvalue weighted by atomic mass is 35.5. The third-order valence-corrected chi connectivity index (χ3v) is 7.10. The highest BCUT2D eigenvalue weighted by Gasteiger charge is 2.35. The molecule has 1 atom stereocenters. The number of hydrogen-bond donors (Lipinski definition) is 0. The van der Waals surface area contributed by atoms with Gasteiger partial charge in [-0.1, -0.05) is 17.7 Å². The van der Waals surface area contributed by atoms with Crippen molar-refractivity contribution in [1.29, 1.82) is 0 Å². The van der Waals surface area contributed by atoms with Crippen LogP contribution in [0.4, 0.5) is 0 Å². The van der Waals surface area contributed by atoms with E-state index in [1.165, 1.54) is 10.4 Å². The maximum Gasteiger partial charge on any atom is 0.243 e. The summed E-state index contributed by atoms with van der Waals surface area (Å²) in [6, 6.07) is 10.2. The Bertz CT molecular complexity index is 1100. The van der Waals surface area contributed by atoms with Crippen LogP contribution in [0.3, 0.4) is 0 Å². The number of nitrogens with zero attached hydrogens (tertiary/aromatic N) is 4. The van der Waals surface area contributed by atoms with E-state index in [4.69, 9.17) is 21.3 Å². The number of halogens is 1. The van der Waals surface area contributed by atoms with Gasteiger partial charge in [0.15, 0.2) is 5.65 Å². The first-order valence-electron chi connectivity index (χ1n) is 9.06. The minimum atomic E-state index is -3.59. The minimum Gasteiger partial charge on any atom is -0.383 e. The smallest absolute Gasteiger partial charge is 0.243 e. The summed E-state index contributed by atoms with van der Waals surface area (Å²) in [7, 11) is -1.94. The van der Waals surface area contributed by atoms with Crippen LogP contribution in [0.1, 0.15) is 18.2 Å². The van der Waals surface area contributed by atoms with Crippen molar-refractivity contribution in [1.82, 2.24) is 18.8 Å². The molecule has 0 bridgehead atoms. The second-order valence-corrected chi connectivity index (χ2v) is 9.14. The lowest BCUT2D eigenvalue weighted by atomic mass is 10.1. The van der Waals surface area contributed by atoms with Gasteiger partial charge in [-0.2, -0.15) is 4.31 Å². The molecule has 9 heteroatoms. The second kappa shape index (κ2) is 7.79. The maximum atomic E-state index is 13.0. The molecule has 0 aliphatic carbocycles. The molecular weight excluding hydrogens is 400 g/mol. The molecule has 3 aromatic rings. The normalized spacial score (nSPS) is 18.1. The Balaban J connectivity index is 1.64. The molecule has 0 amide bonds. The number of pyridine rings is 1. The van der Waals surface area contributed by atoms with Crippen LogP contribution in [-0.4, -0.2) is 54.1 Å². The Labute approximate surface area is 169 Å². The van der Waals surface area contributed by atoms with Gasteiger partial charge in [-0.3, -0.25) is 0 Å². The van der Waals surface area contributed by atoms with Crippen molar-refractivity contribution in [3.63, 3.8) is 0 Å². The highest BCUT2D eigenvalue weighted by molar-refractivity contribution is 7.89. The van der Waals surface area contributed by atoms with Crippen molar-refractivity contribution in [2.24, 2.45) is 0 Å². The Hall–Kier alpha value is -2.00. The van der Waals surface area contributed by atoms with Gasteiger partial charge in [0.05, 0.1) is 11.5 Å². The zero-order valence-corrected chi connectivity index (χ0v) is 17.0. The van der Waals surface area contributed by atoms with E-state index in [1.54, 1.807) is 31.5 Å². The molecule has 0 radical (unpaired) electrons. The number of hydrogen-bond acceptors (Lipinski definition) is 5. The van der Waals surface area contributed by atoms with Gasteiger partial charge in [-0.15, -0.1) is 0 Å². The van der Waals surface area contributed by atoms with Gasteiger partial charge in [-0.05, 0) is 36.8 Å². The fraction of sp³-hybridized carbons (Fsp3) is 0.368. The summed E-state index contributed by atoms with van der Waals surface area (Å²) in [6.07, 6.45) is 2.44. The van der Waals surface area contributed by atoms with Crippen LogP contribution in [0.25, 0.3) is 11.2 Å². The molecule has 28 heavy (non-hydrogen) atoms. The van der Waals surface area contributed by atoms with Gasteiger partial charge in [0, 0.05) is 43.9 Å². The van der Waals surface area contributed by atoms with Crippen LogP contribution >= 0.6 is 11.6 Å². The monoisotopic (exact) mass is 420 g/mol. The number of benzene rings is 1. The third kappa shape index (κ3) is 3.53. The number of imidazole rings is 1. The lowest BCUT2D eigenvalue weighted by molar-refractivity contribution is 0.187. The third-order valence-electron chi connectivity index (χ3n) is 5.00. The average Bonchev–Trinajstić information content (AvgIpc) is 3.31. The Morgan fingerprint density at radius 3 is 2.93 bits per heavy atom. The predicted molar refractivity (Wildman–Crippen MR) is 107 cm³/mol. The molecule has 3 heterocycles. The summed E-state index contributed by atoms with van der Waals surface area (Å²) in [6.45, 7) is 1.98. The first kappa shape index (κ1) is 19.3. The summed E-state index contributed by atoms with van der Waals surface area (Å²) < 4.78 is 34.8. The Kier molecular flexibility index (Phi) is 5.37. The van der Waals surface area contributed by atoms with Crippen molar-refractivity contribution >= 4 is 32.8 Å². The fourth-order valence-corrected chi connectivity index (χ4v) is 5.43. The number of ether oxygens (including phenoxy) is 1. The van der Waals surface area contributed by atoms with Gasteiger partial charge >= 0.3 is 0 Å². The zero-order chi connectivity index (χ0) is 19.7. The van der Waals surface area contributed by atoms with Gasteiger partial charge in [0.2, 0.25) is 10.0 Å². The molecule has 2 aromatic heterocycles. The molecule has 4 rings (SSSR count). The standard InChI is InChI=1S/C19H21ClN4O3S/c1-27-11-10-24-18(22-17-6-3-8-21-19(17)24)14-7-9-23(13-14)28(25,26)16-5-2-4-15(20)12-16/h2-6,8,12,14H,7,9-11,13H2,1H3/t14-/m0/s1. The first-order chi connectivity index (χ1) is 13.5. The molecule has 0 spiro atoms. The fourth-order valence-electron chi connectivity index (χ4n) is 3.62. The Morgan fingerprint density at radius 1 is 1.29 bits per heavy atom. The summed E-state index contributed by atoms with van der Waals surface area (Å²) in [5, 5.41) is 0.407. The zero-order valence-electron chi connectivity index (χ0n) is 15.5. The van der Waals surface area contributed by atoms with Crippen molar-refractivity contribution in [2.45, 2.75) is 23.8 Å². The van der Waals surface area contributed by atoms with Crippen LogP contribution in [0.5, 0.6) is 0 Å². The SMILES string of the molecule is COCCn1c([C@H]2CCN(S(=O)(=O)c3cccc(Cl)c3)C2)nc2cccnc21. The minimum absolute atomic E-state index is 0.0000142. The van der Waals surface area contributed by atoms with E-state index in [9.17, 15) is 8.42 Å². The Morgan fingerprint density at radius 2 is 2.14 bits per heavy atom. The van der Waals surface area contributed by atoms with Gasteiger partial charge in [0.1, 0.15) is 11.3 Å². The molecule has 1 saturated heterocycles. The van der Waals surface area contributed by atoms with Crippen molar-refractivity contribution in [3.8, 4) is 0 Å². The van der Waals surface area contributed by atoms with Crippen LogP contribution in [0, 0.1) is 0 Å². The van der Waals surface area contributed by atoms with Gasteiger partial charge in [0.25, 0.3) is 0 Å². The number of rotatable bonds is 6. The molecule has 0 N–H and O–H groups in total. The number of aromatic nitrogens is 3.